The average molecular weight is 189 g/mol. The summed E-state index contributed by atoms with van der Waals surface area (Å²) in [6, 6.07) is 0. The van der Waals surface area contributed by atoms with Crippen molar-refractivity contribution in [2.75, 3.05) is 0 Å². The molecule has 0 saturated heterocycles. The lowest BCUT2D eigenvalue weighted by atomic mass is 9.76. The molecule has 0 spiro atoms. The summed E-state index contributed by atoms with van der Waals surface area (Å²) in [7, 11) is 0. The molecule has 2 fully saturated rings. The molecule has 0 aromatic rings. The zero-order chi connectivity index (χ0) is 6.43. The van der Waals surface area contributed by atoms with E-state index >= 15 is 0 Å². The molecule has 0 bridgehead atoms. The van der Waals surface area contributed by atoms with Crippen molar-refractivity contribution < 1.29 is 4.79 Å². The van der Waals surface area contributed by atoms with Crippen LogP contribution in [-0.2, 0) is 4.79 Å². The maximum absolute atomic E-state index is 11.0. The Morgan fingerprint density at radius 3 is 2.44 bits per heavy atom. The van der Waals surface area contributed by atoms with Crippen LogP contribution in [0.25, 0.3) is 0 Å². The molecule has 9 heavy (non-hydrogen) atoms. The summed E-state index contributed by atoms with van der Waals surface area (Å²) in [4.78, 5) is 11.2. The van der Waals surface area contributed by atoms with Gasteiger partial charge in [0.15, 0.2) is 0 Å². The van der Waals surface area contributed by atoms with Crippen molar-refractivity contribution in [1.29, 1.82) is 0 Å². The van der Waals surface area contributed by atoms with Gasteiger partial charge >= 0.3 is 0 Å². The molecule has 2 saturated carbocycles. The fourth-order valence-electron chi connectivity index (χ4n) is 1.84. The van der Waals surface area contributed by atoms with Gasteiger partial charge < -0.3 is 0 Å². The van der Waals surface area contributed by atoms with Crippen molar-refractivity contribution in [2.45, 2.75) is 24.1 Å². The first-order valence-electron chi connectivity index (χ1n) is 3.46. The molecule has 3 atom stereocenters. The number of ketones is 1. The van der Waals surface area contributed by atoms with Crippen LogP contribution >= 0.6 is 15.9 Å². The Morgan fingerprint density at radius 1 is 1.44 bits per heavy atom. The number of rotatable bonds is 0. The van der Waals surface area contributed by atoms with Crippen molar-refractivity contribution in [3.05, 3.63) is 0 Å². The van der Waals surface area contributed by atoms with Gasteiger partial charge in [0, 0.05) is 6.42 Å². The number of carbonyl (C=O) groups is 1. The monoisotopic (exact) mass is 188 g/mol. The van der Waals surface area contributed by atoms with Crippen molar-refractivity contribution in [3.8, 4) is 0 Å². The third-order valence-electron chi connectivity index (χ3n) is 2.62. The van der Waals surface area contributed by atoms with Gasteiger partial charge in [0.25, 0.3) is 0 Å². The van der Waals surface area contributed by atoms with Gasteiger partial charge in [-0.25, -0.2) is 0 Å². The van der Waals surface area contributed by atoms with Crippen LogP contribution in [0.15, 0.2) is 0 Å². The van der Waals surface area contributed by atoms with Gasteiger partial charge in [-0.1, -0.05) is 15.9 Å². The number of carbonyl (C=O) groups excluding carboxylic acids is 1. The Labute approximate surface area is 62.9 Å². The summed E-state index contributed by atoms with van der Waals surface area (Å²) in [5.74, 6) is 1.89. The van der Waals surface area contributed by atoms with E-state index in [1.165, 1.54) is 12.8 Å². The third kappa shape index (κ3) is 0.689. The molecule has 0 heterocycles. The van der Waals surface area contributed by atoms with Gasteiger partial charge in [-0.05, 0) is 24.7 Å². The minimum Gasteiger partial charge on any atom is -0.298 e. The molecule has 2 rings (SSSR count). The van der Waals surface area contributed by atoms with Crippen LogP contribution < -0.4 is 0 Å². The molecule has 1 nitrogen and oxygen atoms in total. The highest BCUT2D eigenvalue weighted by molar-refractivity contribution is 9.10. The second-order valence-electron chi connectivity index (χ2n) is 3.07. The second-order valence-corrected chi connectivity index (χ2v) is 4.06. The standard InChI is InChI=1S/C7H9BrO/c8-7-5-2-1-4(5)3-6(7)9/h4-5,7H,1-3H2/t4-,5-,7+/m1/s1. The molecule has 50 valence electrons. The molecule has 0 N–H and O–H groups in total. The summed E-state index contributed by atoms with van der Waals surface area (Å²) in [5.41, 5.74) is 0. The van der Waals surface area contributed by atoms with E-state index < -0.39 is 0 Å². The van der Waals surface area contributed by atoms with Crippen LogP contribution in [0.3, 0.4) is 0 Å². The first kappa shape index (κ1) is 5.90. The summed E-state index contributed by atoms with van der Waals surface area (Å²) < 4.78 is 0. The van der Waals surface area contributed by atoms with E-state index in [0.717, 1.165) is 12.3 Å². The van der Waals surface area contributed by atoms with E-state index in [4.69, 9.17) is 0 Å². The molecule has 0 unspecified atom stereocenters. The van der Waals surface area contributed by atoms with E-state index in [0.29, 0.717) is 11.7 Å². The molecular formula is C7H9BrO. The van der Waals surface area contributed by atoms with E-state index in [1.54, 1.807) is 0 Å². The largest absolute Gasteiger partial charge is 0.298 e. The van der Waals surface area contributed by atoms with Crippen LogP contribution in [0.5, 0.6) is 0 Å². The van der Waals surface area contributed by atoms with E-state index in [1.807, 2.05) is 0 Å². The smallest absolute Gasteiger partial charge is 0.147 e. The summed E-state index contributed by atoms with van der Waals surface area (Å²) >= 11 is 3.41. The number of fused-ring (bicyclic) bond motifs is 1. The van der Waals surface area contributed by atoms with Crippen molar-refractivity contribution in [3.63, 3.8) is 0 Å². The van der Waals surface area contributed by atoms with Crippen LogP contribution in [0.4, 0.5) is 0 Å². The molecule has 2 aliphatic carbocycles. The van der Waals surface area contributed by atoms with E-state index in [-0.39, 0.29) is 4.83 Å². The molecular weight excluding hydrogens is 180 g/mol. The van der Waals surface area contributed by atoms with Gasteiger partial charge in [-0.3, -0.25) is 4.79 Å². The minimum absolute atomic E-state index is 0.219. The minimum atomic E-state index is 0.219. The molecule has 2 aliphatic rings. The average Bonchev–Trinajstić information content (AvgIpc) is 1.92. The van der Waals surface area contributed by atoms with Crippen molar-refractivity contribution in [2.24, 2.45) is 11.8 Å². The zero-order valence-corrected chi connectivity index (χ0v) is 6.73. The van der Waals surface area contributed by atoms with Gasteiger partial charge in [0.05, 0.1) is 4.83 Å². The lowest BCUT2D eigenvalue weighted by Crippen LogP contribution is -2.25. The Bertz CT molecular complexity index is 155. The Hall–Kier alpha value is 0.150. The molecule has 0 amide bonds. The molecule has 0 aromatic heterocycles. The van der Waals surface area contributed by atoms with E-state index in [9.17, 15) is 4.79 Å². The number of hydrogen-bond donors (Lipinski definition) is 0. The van der Waals surface area contributed by atoms with Crippen LogP contribution in [0, 0.1) is 11.8 Å². The predicted molar refractivity (Wildman–Crippen MR) is 38.6 cm³/mol. The fourth-order valence-corrected chi connectivity index (χ4v) is 2.73. The highest BCUT2D eigenvalue weighted by atomic mass is 79.9. The molecule has 2 heteroatoms. The fraction of sp³-hybridized carbons (Fsp3) is 0.857. The lowest BCUT2D eigenvalue weighted by Gasteiger charge is -2.30. The van der Waals surface area contributed by atoms with Gasteiger partial charge in [-0.2, -0.15) is 0 Å². The summed E-state index contributed by atoms with van der Waals surface area (Å²) in [6.07, 6.45) is 3.41. The Morgan fingerprint density at radius 2 is 2.22 bits per heavy atom. The van der Waals surface area contributed by atoms with Crippen LogP contribution in [0.2, 0.25) is 0 Å². The lowest BCUT2D eigenvalue weighted by molar-refractivity contribution is -0.117. The van der Waals surface area contributed by atoms with Crippen LogP contribution in [0.1, 0.15) is 19.3 Å². The first-order chi connectivity index (χ1) is 4.29. The summed E-state index contributed by atoms with van der Waals surface area (Å²) in [5, 5.41) is 0. The highest BCUT2D eigenvalue weighted by Gasteiger charge is 2.45. The van der Waals surface area contributed by atoms with Gasteiger partial charge in [0.1, 0.15) is 5.78 Å². The zero-order valence-electron chi connectivity index (χ0n) is 5.14. The SMILES string of the molecule is O=C1C[C@H]2CC[C@H]2[C@@H]1Br. The predicted octanol–water partition coefficient (Wildman–Crippen LogP) is 1.75. The number of hydrogen-bond acceptors (Lipinski definition) is 1. The number of halogens is 1. The maximum Gasteiger partial charge on any atom is 0.147 e. The van der Waals surface area contributed by atoms with Crippen molar-refractivity contribution >= 4 is 21.7 Å². The second kappa shape index (κ2) is 1.82. The number of alkyl halides is 1. The molecule has 0 aliphatic heterocycles. The first-order valence-corrected chi connectivity index (χ1v) is 4.37. The van der Waals surface area contributed by atoms with Crippen molar-refractivity contribution in [1.82, 2.24) is 0 Å². The topological polar surface area (TPSA) is 17.1 Å². The summed E-state index contributed by atoms with van der Waals surface area (Å²) in [6.45, 7) is 0. The maximum atomic E-state index is 11.0. The molecule has 0 radical (unpaired) electrons. The molecule has 0 aromatic carbocycles. The van der Waals surface area contributed by atoms with Crippen LogP contribution in [-0.4, -0.2) is 10.6 Å². The number of Topliss-reactive ketones (excluding diaryl/α,β-unsaturated/α-hetero) is 1. The van der Waals surface area contributed by atoms with Gasteiger partial charge in [-0.15, -0.1) is 0 Å². The highest BCUT2D eigenvalue weighted by Crippen LogP contribution is 2.47. The third-order valence-corrected chi connectivity index (χ3v) is 3.81. The Kier molecular flexibility index (Phi) is 1.19. The normalized spacial score (nSPS) is 48.6. The Balaban J connectivity index is 2.16. The van der Waals surface area contributed by atoms with E-state index in [2.05, 4.69) is 15.9 Å². The quantitative estimate of drug-likeness (QED) is 0.530. The van der Waals surface area contributed by atoms with Gasteiger partial charge in [0.2, 0.25) is 0 Å².